The van der Waals surface area contributed by atoms with Crippen molar-refractivity contribution in [2.45, 2.75) is 199 Å². The Morgan fingerprint density at radius 2 is 1.05 bits per heavy atom. The first-order chi connectivity index (χ1) is 27.3. The Kier molecular flexibility index (Phi) is 29.3. The van der Waals surface area contributed by atoms with E-state index >= 15 is 0 Å². The number of unbranched alkanes of at least 4 members (excludes halogenated alkanes) is 17. The predicted octanol–water partition coefficient (Wildman–Crippen LogP) is 9.71. The number of ether oxygens (including phenoxy) is 2. The highest BCUT2D eigenvalue weighted by molar-refractivity contribution is 5.85. The van der Waals surface area contributed by atoms with E-state index in [1.807, 2.05) is 0 Å². The molecule has 4 unspecified atom stereocenters. The van der Waals surface area contributed by atoms with E-state index < -0.39 is 36.3 Å². The molecule has 2 rings (SSSR count). The molecule has 0 bridgehead atoms. The molecule has 9 nitrogen and oxygen atoms in total. The maximum absolute atomic E-state index is 13.4. The first-order valence-electron chi connectivity index (χ1n) is 22.7. The third-order valence-corrected chi connectivity index (χ3v) is 10.8. The number of hydrogen-bond acceptors (Lipinski definition) is 8. The fourth-order valence-electron chi connectivity index (χ4n) is 7.35. The fourth-order valence-corrected chi connectivity index (χ4v) is 7.35. The zero-order valence-corrected chi connectivity index (χ0v) is 35.5. The van der Waals surface area contributed by atoms with Gasteiger partial charge in [0.15, 0.2) is 0 Å². The summed E-state index contributed by atoms with van der Waals surface area (Å²) in [6.07, 6.45) is 42.2. The van der Waals surface area contributed by atoms with Crippen LogP contribution in [0.2, 0.25) is 0 Å². The number of carbonyl (C=O) groups is 3. The molecule has 2 aliphatic heterocycles. The molecule has 0 saturated carbocycles. The van der Waals surface area contributed by atoms with Gasteiger partial charge in [-0.25, -0.2) is 4.79 Å². The summed E-state index contributed by atoms with van der Waals surface area (Å²) in [4.78, 5) is 42.6. The van der Waals surface area contributed by atoms with Crippen LogP contribution in [0.25, 0.3) is 0 Å². The maximum Gasteiger partial charge on any atom is 0.329 e. The quantitative estimate of drug-likeness (QED) is 0.0384. The van der Waals surface area contributed by atoms with Gasteiger partial charge in [0.25, 0.3) is 0 Å². The maximum atomic E-state index is 13.4. The second kappa shape index (κ2) is 33.2. The van der Waals surface area contributed by atoms with Gasteiger partial charge in [-0.1, -0.05) is 133 Å². The number of β-amino-alcohol motifs (C(OH)–C–C–N with tert-alkyl or cyclic N) is 2. The molecule has 2 saturated heterocycles. The molecule has 0 aliphatic carbocycles. The van der Waals surface area contributed by atoms with E-state index in [1.54, 1.807) is 9.80 Å². The molecule has 4 atom stereocenters. The van der Waals surface area contributed by atoms with Crippen LogP contribution in [0.15, 0.2) is 48.6 Å². The Hall–Kier alpha value is -2.75. The predicted molar refractivity (Wildman–Crippen MR) is 228 cm³/mol. The summed E-state index contributed by atoms with van der Waals surface area (Å²) in [5.74, 6) is -1.02. The number of aliphatic hydroxyl groups excluding tert-OH is 2. The van der Waals surface area contributed by atoms with Crippen LogP contribution in [0.3, 0.4) is 0 Å². The van der Waals surface area contributed by atoms with Crippen molar-refractivity contribution < 1.29 is 34.1 Å². The normalized spacial score (nSPS) is 20.5. The second-order valence-electron chi connectivity index (χ2n) is 16.0. The summed E-state index contributed by atoms with van der Waals surface area (Å²) in [6, 6.07) is -0.765. The van der Waals surface area contributed by atoms with E-state index in [0.29, 0.717) is 13.0 Å². The minimum Gasteiger partial charge on any atom is -0.464 e. The minimum atomic E-state index is -0.888. The van der Waals surface area contributed by atoms with E-state index in [4.69, 9.17) is 9.47 Å². The van der Waals surface area contributed by atoms with E-state index in [2.05, 4.69) is 62.5 Å². The van der Waals surface area contributed by atoms with Crippen LogP contribution in [-0.2, 0) is 23.9 Å². The second-order valence-corrected chi connectivity index (χ2v) is 16.0. The number of amides is 1. The molecule has 2 heterocycles. The highest BCUT2D eigenvalue weighted by Crippen LogP contribution is 2.24. The highest BCUT2D eigenvalue weighted by Gasteiger charge is 2.42. The van der Waals surface area contributed by atoms with Crippen LogP contribution in [0.5, 0.6) is 0 Å². The van der Waals surface area contributed by atoms with Gasteiger partial charge in [0.2, 0.25) is 5.91 Å². The molecule has 2 N–H and O–H groups in total. The van der Waals surface area contributed by atoms with Crippen molar-refractivity contribution in [2.24, 2.45) is 0 Å². The van der Waals surface area contributed by atoms with Crippen molar-refractivity contribution in [3.63, 3.8) is 0 Å². The summed E-state index contributed by atoms with van der Waals surface area (Å²) in [7, 11) is 0. The first-order valence-corrected chi connectivity index (χ1v) is 22.7. The summed E-state index contributed by atoms with van der Waals surface area (Å²) in [5.41, 5.74) is 0. The average Bonchev–Trinajstić information content (AvgIpc) is 3.75. The van der Waals surface area contributed by atoms with Gasteiger partial charge in [-0.15, -0.1) is 0 Å². The number of esters is 2. The van der Waals surface area contributed by atoms with E-state index in [0.717, 1.165) is 77.0 Å². The van der Waals surface area contributed by atoms with Crippen LogP contribution in [0.1, 0.15) is 174 Å². The highest BCUT2D eigenvalue weighted by atomic mass is 16.6. The molecule has 0 spiro atoms. The van der Waals surface area contributed by atoms with Crippen LogP contribution >= 0.6 is 0 Å². The molecule has 0 radical (unpaired) electrons. The lowest BCUT2D eigenvalue weighted by Gasteiger charge is -2.23. The largest absolute Gasteiger partial charge is 0.464 e. The van der Waals surface area contributed by atoms with Crippen LogP contribution in [0.4, 0.5) is 0 Å². The fraction of sp³-hybridized carbons (Fsp3) is 0.766. The number of allylic oxidation sites excluding steroid dienone is 8. The topological polar surface area (TPSA) is 117 Å². The van der Waals surface area contributed by atoms with Crippen LogP contribution < -0.4 is 0 Å². The van der Waals surface area contributed by atoms with Crippen molar-refractivity contribution in [3.05, 3.63) is 48.6 Å². The Morgan fingerprint density at radius 1 is 0.589 bits per heavy atom. The number of aliphatic hydroxyl groups is 2. The van der Waals surface area contributed by atoms with Crippen molar-refractivity contribution >= 4 is 17.8 Å². The van der Waals surface area contributed by atoms with Gasteiger partial charge in [0.1, 0.15) is 12.1 Å². The molecule has 0 aromatic carbocycles. The Bertz CT molecular complexity index is 1140. The number of carbonyl (C=O) groups excluding carboxylic acids is 3. The van der Waals surface area contributed by atoms with Crippen molar-refractivity contribution in [1.29, 1.82) is 0 Å². The van der Waals surface area contributed by atoms with E-state index in [1.165, 1.54) is 70.6 Å². The number of nitrogens with zero attached hydrogens (tertiary/aromatic N) is 2. The lowest BCUT2D eigenvalue weighted by atomic mass is 10.1. The molecular weight excluding hydrogens is 705 g/mol. The lowest BCUT2D eigenvalue weighted by molar-refractivity contribution is -0.153. The molecular formula is C47H80N2O7. The standard InChI is InChI=1S/C47H80N2O7/c1-3-5-7-9-11-13-15-17-19-21-23-25-27-29-31-33-35-55-47(54)42-36-41(56-46(53)40-48-38-43(50)44(51)39-48)37-49(42)45(52)34-32-30-28-26-24-22-20-18-16-14-12-10-8-6-4-2/h11-14,17-20,41-44,50-51H,3-10,15-16,21-40H2,1-2H3/b13-11-,14-12-,19-17-,20-18-. The minimum absolute atomic E-state index is 0.0623. The number of likely N-dealkylation sites (tertiary alicyclic amines) is 2. The smallest absolute Gasteiger partial charge is 0.329 e. The third-order valence-electron chi connectivity index (χ3n) is 10.8. The van der Waals surface area contributed by atoms with Gasteiger partial charge in [-0.05, 0) is 77.0 Å². The number of rotatable bonds is 33. The van der Waals surface area contributed by atoms with Crippen molar-refractivity contribution in [3.8, 4) is 0 Å². The summed E-state index contributed by atoms with van der Waals surface area (Å²) >= 11 is 0. The molecule has 2 aliphatic rings. The van der Waals surface area contributed by atoms with Crippen molar-refractivity contribution in [1.82, 2.24) is 9.80 Å². The molecule has 0 aromatic heterocycles. The molecule has 320 valence electrons. The molecule has 9 heteroatoms. The summed E-state index contributed by atoms with van der Waals surface area (Å²) in [6.45, 7) is 5.28. The Labute approximate surface area is 341 Å². The summed E-state index contributed by atoms with van der Waals surface area (Å²) in [5, 5.41) is 19.7. The monoisotopic (exact) mass is 785 g/mol. The van der Waals surface area contributed by atoms with E-state index in [9.17, 15) is 24.6 Å². The molecule has 0 aromatic rings. The van der Waals surface area contributed by atoms with Gasteiger partial charge < -0.3 is 24.6 Å². The lowest BCUT2D eigenvalue weighted by Crippen LogP contribution is -2.41. The third kappa shape index (κ3) is 24.1. The zero-order chi connectivity index (χ0) is 40.5. The Morgan fingerprint density at radius 3 is 1.57 bits per heavy atom. The molecule has 2 fully saturated rings. The van der Waals surface area contributed by atoms with E-state index in [-0.39, 0.29) is 38.5 Å². The van der Waals surface area contributed by atoms with Gasteiger partial charge in [0, 0.05) is 25.9 Å². The Balaban J connectivity index is 1.67. The van der Waals surface area contributed by atoms with Gasteiger partial charge in [0.05, 0.1) is 31.9 Å². The SMILES string of the molecule is CCCCC/C=C\C/C=C\CCCCCCCCOC(=O)C1CC(OC(=O)CN2CC(O)C(O)C2)CN1C(=O)CCCCCCC/C=C\C/C=C\CCCCC. The molecule has 56 heavy (non-hydrogen) atoms. The summed E-state index contributed by atoms with van der Waals surface area (Å²) < 4.78 is 11.4. The van der Waals surface area contributed by atoms with Crippen molar-refractivity contribution in [2.75, 3.05) is 32.8 Å². The van der Waals surface area contributed by atoms with Crippen LogP contribution in [-0.4, -0.2) is 95.0 Å². The van der Waals surface area contributed by atoms with Gasteiger partial charge >= 0.3 is 11.9 Å². The van der Waals surface area contributed by atoms with Gasteiger partial charge in [-0.2, -0.15) is 0 Å². The average molecular weight is 785 g/mol. The van der Waals surface area contributed by atoms with Crippen LogP contribution in [0, 0.1) is 0 Å². The number of hydrogen-bond donors (Lipinski definition) is 2. The first kappa shape index (κ1) is 49.4. The molecule has 1 amide bonds. The zero-order valence-electron chi connectivity index (χ0n) is 35.5. The van der Waals surface area contributed by atoms with Gasteiger partial charge in [-0.3, -0.25) is 14.5 Å².